The van der Waals surface area contributed by atoms with E-state index in [1.807, 2.05) is 51.5 Å². The zero-order valence-corrected chi connectivity index (χ0v) is 25.3. The van der Waals surface area contributed by atoms with Gasteiger partial charge in [-0.05, 0) is 45.0 Å². The molecule has 11 heteroatoms. The van der Waals surface area contributed by atoms with Crippen LogP contribution in [-0.4, -0.2) is 82.0 Å². The highest BCUT2D eigenvalue weighted by Crippen LogP contribution is 2.30. The van der Waals surface area contributed by atoms with Gasteiger partial charge in [0.05, 0.1) is 11.2 Å². The molecule has 0 N–H and O–H groups in total. The molecule has 40 heavy (non-hydrogen) atoms. The van der Waals surface area contributed by atoms with Crippen LogP contribution >= 0.6 is 0 Å². The summed E-state index contributed by atoms with van der Waals surface area (Å²) >= 11 is 0. The molecule has 4 aromatic rings. The third-order valence-corrected chi connectivity index (χ3v) is 8.58. The van der Waals surface area contributed by atoms with E-state index in [1.54, 1.807) is 11.1 Å². The van der Waals surface area contributed by atoms with Crippen LogP contribution in [0.2, 0.25) is 25.7 Å². The molecule has 1 fully saturated rings. The highest BCUT2D eigenvalue weighted by molar-refractivity contribution is 6.76. The molecule has 212 valence electrons. The second kappa shape index (κ2) is 11.1. The number of nitrogens with zero attached hydrogens (tertiary/aromatic N) is 7. The van der Waals surface area contributed by atoms with Gasteiger partial charge in [-0.1, -0.05) is 19.6 Å². The van der Waals surface area contributed by atoms with Gasteiger partial charge >= 0.3 is 6.09 Å². The number of aromatic nitrogens is 5. The molecule has 1 saturated heterocycles. The van der Waals surface area contributed by atoms with Crippen molar-refractivity contribution in [1.29, 1.82) is 0 Å². The molecule has 0 atom stereocenters. The molecule has 0 aromatic carbocycles. The van der Waals surface area contributed by atoms with Crippen molar-refractivity contribution in [1.82, 2.24) is 29.4 Å². The molecule has 4 aromatic heterocycles. The number of rotatable bonds is 7. The standard InChI is InChI=1S/C29H39N7O3Si/c1-29(2,3)39-28(37)35-13-11-34(12-14-35)27-31-17-21(18-32-27)24-8-7-22-23-19-30-10-9-25(23)36(26(22)33-24)20-38-15-16-40(4,5)6/h7-10,17-19H,11-16,20H2,1-6H3. The fourth-order valence-corrected chi connectivity index (χ4v) is 5.42. The number of anilines is 1. The minimum Gasteiger partial charge on any atom is -0.444 e. The van der Waals surface area contributed by atoms with Crippen molar-refractivity contribution >= 4 is 42.1 Å². The molecule has 5 heterocycles. The smallest absolute Gasteiger partial charge is 0.410 e. The Bertz CT molecular complexity index is 1480. The minimum absolute atomic E-state index is 0.278. The first-order chi connectivity index (χ1) is 19.0. The largest absolute Gasteiger partial charge is 0.444 e. The molecule has 0 bridgehead atoms. The number of carbonyl (C=O) groups excluding carboxylic acids is 1. The van der Waals surface area contributed by atoms with E-state index < -0.39 is 13.7 Å². The summed E-state index contributed by atoms with van der Waals surface area (Å²) < 4.78 is 13.7. The molecule has 5 rings (SSSR count). The zero-order valence-electron chi connectivity index (χ0n) is 24.3. The summed E-state index contributed by atoms with van der Waals surface area (Å²) in [5.74, 6) is 0.643. The van der Waals surface area contributed by atoms with Crippen molar-refractivity contribution in [3.63, 3.8) is 0 Å². The summed E-state index contributed by atoms with van der Waals surface area (Å²) in [7, 11) is -1.17. The molecule has 0 spiro atoms. The Labute approximate surface area is 236 Å². The topological polar surface area (TPSA) is 98.5 Å². The molecular formula is C29H39N7O3Si. The second-order valence-electron chi connectivity index (χ2n) is 12.5. The van der Waals surface area contributed by atoms with E-state index in [-0.39, 0.29) is 6.09 Å². The van der Waals surface area contributed by atoms with E-state index >= 15 is 0 Å². The number of hydrogen-bond donors (Lipinski definition) is 0. The molecular weight excluding hydrogens is 522 g/mol. The van der Waals surface area contributed by atoms with Crippen LogP contribution in [0.1, 0.15) is 20.8 Å². The summed E-state index contributed by atoms with van der Waals surface area (Å²) in [5, 5.41) is 2.10. The SMILES string of the molecule is CC(C)(C)OC(=O)N1CCN(c2ncc(-c3ccc4c5cnccc5n(COCC[Si](C)(C)C)c4n3)cn2)CC1. The highest BCUT2D eigenvalue weighted by Gasteiger charge is 2.27. The van der Waals surface area contributed by atoms with Crippen molar-refractivity contribution in [2.75, 3.05) is 37.7 Å². The number of piperazine rings is 1. The van der Waals surface area contributed by atoms with Gasteiger partial charge in [0, 0.05) is 82.0 Å². The fourth-order valence-electron chi connectivity index (χ4n) is 4.67. The lowest BCUT2D eigenvalue weighted by atomic mass is 10.2. The van der Waals surface area contributed by atoms with E-state index in [0.717, 1.165) is 45.8 Å². The summed E-state index contributed by atoms with van der Waals surface area (Å²) in [4.78, 5) is 34.8. The van der Waals surface area contributed by atoms with Crippen molar-refractivity contribution in [3.8, 4) is 11.3 Å². The van der Waals surface area contributed by atoms with Crippen molar-refractivity contribution in [2.24, 2.45) is 0 Å². The normalized spacial score (nSPS) is 14.8. The molecule has 10 nitrogen and oxygen atoms in total. The Morgan fingerprint density at radius 3 is 2.38 bits per heavy atom. The lowest BCUT2D eigenvalue weighted by Gasteiger charge is -2.35. The Hall–Kier alpha value is -3.57. The van der Waals surface area contributed by atoms with E-state index in [9.17, 15) is 4.79 Å². The van der Waals surface area contributed by atoms with Gasteiger partial charge < -0.3 is 23.8 Å². The summed E-state index contributed by atoms with van der Waals surface area (Å²) in [6.07, 6.45) is 7.05. The predicted molar refractivity (Wildman–Crippen MR) is 160 cm³/mol. The van der Waals surface area contributed by atoms with Gasteiger partial charge in [0.15, 0.2) is 0 Å². The molecule has 1 aliphatic rings. The third kappa shape index (κ3) is 6.42. The summed E-state index contributed by atoms with van der Waals surface area (Å²) in [6.45, 7) is 16.3. The average molecular weight is 562 g/mol. The quantitative estimate of drug-likeness (QED) is 0.218. The van der Waals surface area contributed by atoms with Gasteiger partial charge in [-0.3, -0.25) is 4.98 Å². The number of ether oxygens (including phenoxy) is 2. The van der Waals surface area contributed by atoms with Crippen molar-refractivity contribution < 1.29 is 14.3 Å². The molecule has 0 saturated carbocycles. The highest BCUT2D eigenvalue weighted by atomic mass is 28.3. The van der Waals surface area contributed by atoms with Crippen LogP contribution in [0.15, 0.2) is 43.0 Å². The molecule has 0 radical (unpaired) electrons. The fraction of sp³-hybridized carbons (Fsp3) is 0.483. The molecule has 0 aliphatic carbocycles. The summed E-state index contributed by atoms with van der Waals surface area (Å²) in [5.41, 5.74) is 3.05. The first kappa shape index (κ1) is 28.0. The van der Waals surface area contributed by atoms with E-state index in [2.05, 4.69) is 50.1 Å². The number of fused-ring (bicyclic) bond motifs is 3. The van der Waals surface area contributed by atoms with Crippen molar-refractivity contribution in [2.45, 2.75) is 58.8 Å². The molecule has 0 unspecified atom stereocenters. The minimum atomic E-state index is -1.17. The monoisotopic (exact) mass is 561 g/mol. The maximum atomic E-state index is 12.4. The number of pyridine rings is 2. The van der Waals surface area contributed by atoms with Crippen LogP contribution in [0.5, 0.6) is 0 Å². The Morgan fingerprint density at radius 2 is 1.70 bits per heavy atom. The van der Waals surface area contributed by atoms with E-state index in [0.29, 0.717) is 38.9 Å². The van der Waals surface area contributed by atoms with Gasteiger partial charge in [-0.2, -0.15) is 0 Å². The van der Waals surface area contributed by atoms with E-state index in [4.69, 9.17) is 14.5 Å². The van der Waals surface area contributed by atoms with Gasteiger partial charge in [0.1, 0.15) is 18.0 Å². The summed E-state index contributed by atoms with van der Waals surface area (Å²) in [6, 6.07) is 7.22. The van der Waals surface area contributed by atoms with Gasteiger partial charge in [-0.15, -0.1) is 0 Å². The van der Waals surface area contributed by atoms with Crippen LogP contribution in [0.4, 0.5) is 10.7 Å². The lowest BCUT2D eigenvalue weighted by molar-refractivity contribution is 0.0240. The van der Waals surface area contributed by atoms with Gasteiger partial charge in [0.25, 0.3) is 0 Å². The first-order valence-electron chi connectivity index (χ1n) is 13.8. The third-order valence-electron chi connectivity index (χ3n) is 6.87. The van der Waals surface area contributed by atoms with Gasteiger partial charge in [0.2, 0.25) is 5.95 Å². The van der Waals surface area contributed by atoms with Crippen LogP contribution in [0.25, 0.3) is 33.2 Å². The maximum absolute atomic E-state index is 12.4. The number of carbonyl (C=O) groups is 1. The average Bonchev–Trinajstić information content (AvgIpc) is 3.23. The zero-order chi connectivity index (χ0) is 28.5. The van der Waals surface area contributed by atoms with Crippen molar-refractivity contribution in [3.05, 3.63) is 43.0 Å². The predicted octanol–water partition coefficient (Wildman–Crippen LogP) is 5.41. The number of hydrogen-bond acceptors (Lipinski definition) is 8. The molecule has 1 aliphatic heterocycles. The van der Waals surface area contributed by atoms with E-state index in [1.165, 1.54) is 0 Å². The second-order valence-corrected chi connectivity index (χ2v) is 18.1. The lowest BCUT2D eigenvalue weighted by Crippen LogP contribution is -2.50. The Balaban J connectivity index is 1.32. The maximum Gasteiger partial charge on any atom is 0.410 e. The van der Waals surface area contributed by atoms with Crippen LogP contribution in [0, 0.1) is 0 Å². The Kier molecular flexibility index (Phi) is 7.78. The van der Waals surface area contributed by atoms with Crippen LogP contribution in [0.3, 0.4) is 0 Å². The van der Waals surface area contributed by atoms with Crippen LogP contribution in [-0.2, 0) is 16.2 Å². The first-order valence-corrected chi connectivity index (χ1v) is 17.6. The number of amides is 1. The van der Waals surface area contributed by atoms with Crippen LogP contribution < -0.4 is 4.90 Å². The van der Waals surface area contributed by atoms with Gasteiger partial charge in [-0.25, -0.2) is 19.7 Å². The Morgan fingerprint density at radius 1 is 0.975 bits per heavy atom. The molecule has 1 amide bonds.